The second-order valence-corrected chi connectivity index (χ2v) is 8.08. The summed E-state index contributed by atoms with van der Waals surface area (Å²) in [6.45, 7) is 0.406. The van der Waals surface area contributed by atoms with Gasteiger partial charge in [0, 0.05) is 29.4 Å². The largest absolute Gasteiger partial charge is 0.452 e. The summed E-state index contributed by atoms with van der Waals surface area (Å²) in [6.07, 6.45) is 4.61. The zero-order valence-corrected chi connectivity index (χ0v) is 17.2. The highest BCUT2D eigenvalue weighted by molar-refractivity contribution is 8.00. The molecule has 2 aromatic carbocycles. The number of hydrogen-bond donors (Lipinski definition) is 0. The number of ether oxygens (including phenoxy) is 1. The van der Waals surface area contributed by atoms with Crippen molar-refractivity contribution < 1.29 is 14.3 Å². The van der Waals surface area contributed by atoms with Crippen LogP contribution in [0.2, 0.25) is 5.02 Å². The number of aromatic nitrogens is 2. The molecular formula is C21H18ClN3O3S. The van der Waals surface area contributed by atoms with Crippen LogP contribution in [0.1, 0.15) is 22.0 Å². The molecule has 1 aliphatic rings. The van der Waals surface area contributed by atoms with Gasteiger partial charge in [0.2, 0.25) is 5.91 Å². The van der Waals surface area contributed by atoms with Gasteiger partial charge in [-0.05, 0) is 42.0 Å². The van der Waals surface area contributed by atoms with Gasteiger partial charge in [0.15, 0.2) is 0 Å². The van der Waals surface area contributed by atoms with Gasteiger partial charge in [-0.2, -0.15) is 0 Å². The second-order valence-electron chi connectivity index (χ2n) is 6.63. The summed E-state index contributed by atoms with van der Waals surface area (Å²) >= 11 is 7.42. The van der Waals surface area contributed by atoms with E-state index in [9.17, 15) is 9.59 Å². The molecule has 0 spiro atoms. The number of rotatable bonds is 5. The minimum Gasteiger partial charge on any atom is -0.452 e. The zero-order chi connectivity index (χ0) is 20.4. The highest BCUT2D eigenvalue weighted by atomic mass is 35.5. The second kappa shape index (κ2) is 8.31. The first kappa shape index (κ1) is 19.5. The molecule has 1 atom stereocenters. The van der Waals surface area contributed by atoms with Crippen molar-refractivity contribution in [3.63, 3.8) is 0 Å². The Balaban J connectivity index is 1.64. The molecule has 148 valence electrons. The summed E-state index contributed by atoms with van der Waals surface area (Å²) in [4.78, 5) is 31.5. The average molecular weight is 428 g/mol. The van der Waals surface area contributed by atoms with E-state index >= 15 is 0 Å². The number of anilines is 1. The molecule has 1 amide bonds. The first-order chi connectivity index (χ1) is 14.0. The fourth-order valence-corrected chi connectivity index (χ4v) is 4.18. The van der Waals surface area contributed by atoms with E-state index < -0.39 is 12.1 Å². The van der Waals surface area contributed by atoms with Gasteiger partial charge in [0.05, 0.1) is 29.9 Å². The van der Waals surface area contributed by atoms with Crippen LogP contribution in [0.5, 0.6) is 0 Å². The normalized spacial score (nSPS) is 14.4. The number of thioether (sulfide) groups is 1. The molecule has 0 fully saturated rings. The van der Waals surface area contributed by atoms with Crippen LogP contribution in [0.25, 0.3) is 0 Å². The Labute approximate surface area is 177 Å². The molecule has 0 radical (unpaired) electrons. The molecule has 2 heterocycles. The van der Waals surface area contributed by atoms with E-state index in [1.165, 1.54) is 11.8 Å². The highest BCUT2D eigenvalue weighted by Gasteiger charge is 2.25. The molecule has 0 bridgehead atoms. The molecular weight excluding hydrogens is 410 g/mol. The van der Waals surface area contributed by atoms with Crippen LogP contribution in [0.4, 0.5) is 5.69 Å². The van der Waals surface area contributed by atoms with E-state index in [-0.39, 0.29) is 5.91 Å². The van der Waals surface area contributed by atoms with Gasteiger partial charge in [-0.3, -0.25) is 4.79 Å². The number of halogens is 1. The molecule has 0 saturated heterocycles. The number of fused-ring (bicyclic) bond motifs is 1. The quantitative estimate of drug-likeness (QED) is 0.571. The minimum atomic E-state index is -0.548. The number of imidazole rings is 1. The van der Waals surface area contributed by atoms with Crippen LogP contribution in [0.15, 0.2) is 66.1 Å². The summed E-state index contributed by atoms with van der Waals surface area (Å²) in [5.41, 5.74) is 2.05. The third kappa shape index (κ3) is 4.31. The molecule has 8 heteroatoms. The maximum absolute atomic E-state index is 12.7. The van der Waals surface area contributed by atoms with Crippen LogP contribution < -0.4 is 4.90 Å². The van der Waals surface area contributed by atoms with Crippen LogP contribution in [-0.4, -0.2) is 34.2 Å². The summed E-state index contributed by atoms with van der Waals surface area (Å²) in [6, 6.07) is 12.4. The maximum atomic E-state index is 12.7. The fraction of sp³-hybridized carbons (Fsp3) is 0.190. The Morgan fingerprint density at radius 2 is 2.07 bits per heavy atom. The predicted molar refractivity (Wildman–Crippen MR) is 112 cm³/mol. The van der Waals surface area contributed by atoms with Crippen molar-refractivity contribution >= 4 is 40.9 Å². The fourth-order valence-electron chi connectivity index (χ4n) is 3.07. The molecule has 6 nitrogen and oxygen atoms in total. The van der Waals surface area contributed by atoms with Gasteiger partial charge in [0.25, 0.3) is 0 Å². The van der Waals surface area contributed by atoms with Gasteiger partial charge < -0.3 is 14.2 Å². The van der Waals surface area contributed by atoms with Gasteiger partial charge >= 0.3 is 5.97 Å². The molecule has 29 heavy (non-hydrogen) atoms. The lowest BCUT2D eigenvalue weighted by molar-refractivity contribution is -0.116. The third-order valence-electron chi connectivity index (χ3n) is 4.71. The number of nitrogens with zero attached hydrogens (tertiary/aromatic N) is 3. The number of hydrogen-bond acceptors (Lipinski definition) is 5. The van der Waals surface area contributed by atoms with Crippen LogP contribution in [0.3, 0.4) is 0 Å². The zero-order valence-electron chi connectivity index (χ0n) is 15.6. The molecule has 1 aromatic heterocycles. The third-order valence-corrected chi connectivity index (χ3v) is 6.01. The molecule has 1 aliphatic heterocycles. The summed E-state index contributed by atoms with van der Waals surface area (Å²) in [7, 11) is 1.76. The van der Waals surface area contributed by atoms with Crippen molar-refractivity contribution in [2.75, 3.05) is 17.7 Å². The number of carbonyl (C=O) groups excluding carboxylic acids is 2. The monoisotopic (exact) mass is 427 g/mol. The molecule has 3 aromatic rings. The highest BCUT2D eigenvalue weighted by Crippen LogP contribution is 2.37. The number of amides is 1. The van der Waals surface area contributed by atoms with Crippen molar-refractivity contribution in [2.24, 2.45) is 0 Å². The Bertz CT molecular complexity index is 1040. The van der Waals surface area contributed by atoms with Crippen molar-refractivity contribution in [3.05, 3.63) is 77.3 Å². The van der Waals surface area contributed by atoms with E-state index in [4.69, 9.17) is 16.3 Å². The van der Waals surface area contributed by atoms with Crippen molar-refractivity contribution in [1.29, 1.82) is 0 Å². The Morgan fingerprint density at radius 3 is 2.79 bits per heavy atom. The lowest BCUT2D eigenvalue weighted by Crippen LogP contribution is -2.31. The Morgan fingerprint density at radius 1 is 1.28 bits per heavy atom. The van der Waals surface area contributed by atoms with Crippen molar-refractivity contribution in [3.8, 4) is 0 Å². The lowest BCUT2D eigenvalue weighted by atomic mass is 10.1. The van der Waals surface area contributed by atoms with E-state index in [1.807, 2.05) is 29.0 Å². The molecule has 1 unspecified atom stereocenters. The number of benzene rings is 2. The van der Waals surface area contributed by atoms with E-state index in [0.717, 1.165) is 16.1 Å². The standard InChI is InChI=1S/C21H18ClN3O3S/c1-24-17-10-15(4-7-19(17)29-12-20(24)26)18(11-25-9-8-23-13-25)28-21(27)14-2-5-16(22)6-3-14/h2-10,13,18H,11-12H2,1H3. The predicted octanol–water partition coefficient (Wildman–Crippen LogP) is 4.20. The smallest absolute Gasteiger partial charge is 0.338 e. The summed E-state index contributed by atoms with van der Waals surface area (Å²) in [5.74, 6) is 0.0274. The van der Waals surface area contributed by atoms with Crippen molar-refractivity contribution in [1.82, 2.24) is 9.55 Å². The van der Waals surface area contributed by atoms with E-state index in [1.54, 1.807) is 48.7 Å². The molecule has 0 aliphatic carbocycles. The van der Waals surface area contributed by atoms with E-state index in [2.05, 4.69) is 4.98 Å². The molecule has 0 saturated carbocycles. The number of carbonyl (C=O) groups is 2. The van der Waals surface area contributed by atoms with Crippen molar-refractivity contribution in [2.45, 2.75) is 17.5 Å². The SMILES string of the molecule is CN1C(=O)CSc2ccc(C(Cn3ccnc3)OC(=O)c3ccc(Cl)cc3)cc21. The van der Waals surface area contributed by atoms with Crippen LogP contribution in [0, 0.1) is 0 Å². The first-order valence-corrected chi connectivity index (χ1v) is 10.3. The Hall–Kier alpha value is -2.77. The molecule has 4 rings (SSSR count). The van der Waals surface area contributed by atoms with Gasteiger partial charge in [-0.1, -0.05) is 17.7 Å². The Kier molecular flexibility index (Phi) is 5.60. The number of esters is 1. The van der Waals surface area contributed by atoms with Gasteiger partial charge in [-0.15, -0.1) is 11.8 Å². The maximum Gasteiger partial charge on any atom is 0.338 e. The average Bonchev–Trinajstić information content (AvgIpc) is 3.24. The van der Waals surface area contributed by atoms with Gasteiger partial charge in [-0.25, -0.2) is 9.78 Å². The molecule has 0 N–H and O–H groups in total. The minimum absolute atomic E-state index is 0.0453. The first-order valence-electron chi connectivity index (χ1n) is 8.97. The lowest BCUT2D eigenvalue weighted by Gasteiger charge is -2.27. The van der Waals surface area contributed by atoms with Crippen LogP contribution >= 0.6 is 23.4 Å². The van der Waals surface area contributed by atoms with E-state index in [0.29, 0.717) is 22.9 Å². The summed E-state index contributed by atoms with van der Waals surface area (Å²) in [5, 5.41) is 0.552. The summed E-state index contributed by atoms with van der Waals surface area (Å²) < 4.78 is 7.70. The van der Waals surface area contributed by atoms with Gasteiger partial charge in [0.1, 0.15) is 6.10 Å². The topological polar surface area (TPSA) is 64.4 Å². The van der Waals surface area contributed by atoms with Crippen LogP contribution in [-0.2, 0) is 16.1 Å².